The minimum absolute atomic E-state index is 0.325. The van der Waals surface area contributed by atoms with Crippen molar-refractivity contribution >= 4 is 11.1 Å². The lowest BCUT2D eigenvalue weighted by Gasteiger charge is -2.21. The fourth-order valence-electron chi connectivity index (χ4n) is 2.05. The number of hydrogen-bond donors (Lipinski definition) is 2. The van der Waals surface area contributed by atoms with Crippen molar-refractivity contribution in [1.29, 1.82) is 0 Å². The fourth-order valence-corrected chi connectivity index (χ4v) is 2.42. The van der Waals surface area contributed by atoms with Crippen LogP contribution in [0.1, 0.15) is 24.2 Å². The van der Waals surface area contributed by atoms with Gasteiger partial charge in [-0.05, 0) is 30.2 Å². The van der Waals surface area contributed by atoms with E-state index in [-0.39, 0.29) is 0 Å². The molecule has 0 amide bonds. The van der Waals surface area contributed by atoms with Gasteiger partial charge in [0.2, 0.25) is 0 Å². The largest absolute Gasteiger partial charge is 0.390 e. The summed E-state index contributed by atoms with van der Waals surface area (Å²) in [6.45, 7) is 2.05. The van der Waals surface area contributed by atoms with Gasteiger partial charge in [0.1, 0.15) is 6.10 Å². The van der Waals surface area contributed by atoms with Crippen molar-refractivity contribution < 1.29 is 18.6 Å². The number of aliphatic hydroxyl groups is 1. The van der Waals surface area contributed by atoms with Crippen molar-refractivity contribution in [2.75, 3.05) is 0 Å². The third kappa shape index (κ3) is 4.47. The molecule has 2 unspecified atom stereocenters. The lowest BCUT2D eigenvalue weighted by Crippen LogP contribution is -2.18. The molecule has 0 radical (unpaired) electrons. The molecule has 21 heavy (non-hydrogen) atoms. The lowest BCUT2D eigenvalue weighted by atomic mass is 10.1. The average molecular weight is 306 g/mol. The van der Waals surface area contributed by atoms with Gasteiger partial charge in [0.25, 0.3) is 0 Å². The van der Waals surface area contributed by atoms with E-state index in [0.29, 0.717) is 11.5 Å². The summed E-state index contributed by atoms with van der Waals surface area (Å²) in [7, 11) is 0. The third-order valence-corrected chi connectivity index (χ3v) is 3.80. The van der Waals surface area contributed by atoms with Crippen molar-refractivity contribution in [1.82, 2.24) is 0 Å². The molecule has 0 saturated carbocycles. The van der Waals surface area contributed by atoms with Gasteiger partial charge in [-0.1, -0.05) is 42.5 Å². The van der Waals surface area contributed by atoms with Gasteiger partial charge in [0.05, 0.1) is 17.6 Å². The summed E-state index contributed by atoms with van der Waals surface area (Å²) in [4.78, 5) is 0.325. The molecule has 2 aromatic carbocycles. The first-order chi connectivity index (χ1) is 10.1. The van der Waals surface area contributed by atoms with Gasteiger partial charge in [-0.15, -0.1) is 0 Å². The SMILES string of the molecule is C[C@@H](O)C(OCc1ccccc1)c1ccc(S(=O)O)cc1. The van der Waals surface area contributed by atoms with E-state index in [1.807, 2.05) is 30.3 Å². The minimum atomic E-state index is -2.00. The molecule has 0 bridgehead atoms. The van der Waals surface area contributed by atoms with E-state index in [1.165, 1.54) is 0 Å². The molecule has 2 N–H and O–H groups in total. The number of ether oxygens (including phenoxy) is 1. The zero-order valence-corrected chi connectivity index (χ0v) is 12.5. The van der Waals surface area contributed by atoms with E-state index in [4.69, 9.17) is 9.29 Å². The number of hydrogen-bond acceptors (Lipinski definition) is 3. The van der Waals surface area contributed by atoms with Crippen LogP contribution in [0, 0.1) is 0 Å². The van der Waals surface area contributed by atoms with Crippen LogP contribution in [0.5, 0.6) is 0 Å². The summed E-state index contributed by atoms with van der Waals surface area (Å²) in [5, 5.41) is 9.89. The van der Waals surface area contributed by atoms with Crippen molar-refractivity contribution in [3.63, 3.8) is 0 Å². The maximum Gasteiger partial charge on any atom is 0.186 e. The molecule has 112 valence electrons. The zero-order chi connectivity index (χ0) is 15.2. The Morgan fingerprint density at radius 3 is 2.24 bits per heavy atom. The quantitative estimate of drug-likeness (QED) is 0.805. The predicted molar refractivity (Wildman–Crippen MR) is 81.1 cm³/mol. The van der Waals surface area contributed by atoms with E-state index in [2.05, 4.69) is 0 Å². The molecule has 5 heteroatoms. The molecule has 2 aromatic rings. The topological polar surface area (TPSA) is 66.8 Å². The molecule has 4 nitrogen and oxygen atoms in total. The van der Waals surface area contributed by atoms with Gasteiger partial charge >= 0.3 is 0 Å². The molecule has 0 heterocycles. The van der Waals surface area contributed by atoms with Gasteiger partial charge in [0, 0.05) is 0 Å². The molecule has 3 atom stereocenters. The number of aliphatic hydroxyl groups excluding tert-OH is 1. The van der Waals surface area contributed by atoms with Crippen LogP contribution in [0.25, 0.3) is 0 Å². The Morgan fingerprint density at radius 2 is 1.71 bits per heavy atom. The molecule has 0 aliphatic rings. The van der Waals surface area contributed by atoms with Crippen molar-refractivity contribution in [2.24, 2.45) is 0 Å². The molecule has 0 aliphatic carbocycles. The molecular weight excluding hydrogens is 288 g/mol. The van der Waals surface area contributed by atoms with Crippen LogP contribution < -0.4 is 0 Å². The Balaban J connectivity index is 2.09. The highest BCUT2D eigenvalue weighted by Gasteiger charge is 2.18. The maximum absolute atomic E-state index is 11.0. The Hall–Kier alpha value is -1.53. The normalized spacial score (nSPS) is 15.4. The molecule has 0 spiro atoms. The highest BCUT2D eigenvalue weighted by Crippen LogP contribution is 2.24. The number of benzene rings is 2. The third-order valence-electron chi connectivity index (χ3n) is 3.12. The van der Waals surface area contributed by atoms with Crippen LogP contribution >= 0.6 is 0 Å². The van der Waals surface area contributed by atoms with Crippen molar-refractivity contribution in [3.8, 4) is 0 Å². The van der Waals surface area contributed by atoms with Gasteiger partial charge in [0.15, 0.2) is 11.1 Å². The fraction of sp³-hybridized carbons (Fsp3) is 0.250. The van der Waals surface area contributed by atoms with Gasteiger partial charge in [-0.25, -0.2) is 4.21 Å². The van der Waals surface area contributed by atoms with Crippen LogP contribution in [-0.4, -0.2) is 20.0 Å². The van der Waals surface area contributed by atoms with Crippen LogP contribution in [0.3, 0.4) is 0 Å². The molecule has 0 aliphatic heterocycles. The zero-order valence-electron chi connectivity index (χ0n) is 11.7. The minimum Gasteiger partial charge on any atom is -0.390 e. The standard InChI is InChI=1S/C16H18O4S/c1-12(17)16(20-11-13-5-3-2-4-6-13)14-7-9-15(10-8-14)21(18)19/h2-10,12,16-17H,11H2,1H3,(H,18,19)/t12-,16?/m1/s1. The maximum atomic E-state index is 11.0. The predicted octanol–water partition coefficient (Wildman–Crippen LogP) is 2.91. The highest BCUT2D eigenvalue weighted by molar-refractivity contribution is 7.79. The molecule has 2 rings (SSSR count). The monoisotopic (exact) mass is 306 g/mol. The highest BCUT2D eigenvalue weighted by atomic mass is 32.2. The summed E-state index contributed by atoms with van der Waals surface area (Å²) < 4.78 is 25.8. The Kier molecular flexibility index (Phi) is 5.64. The second kappa shape index (κ2) is 7.47. The van der Waals surface area contributed by atoms with E-state index >= 15 is 0 Å². The number of rotatable bonds is 6. The second-order valence-corrected chi connectivity index (χ2v) is 5.75. The van der Waals surface area contributed by atoms with Crippen LogP contribution in [-0.2, 0) is 22.4 Å². The smallest absolute Gasteiger partial charge is 0.186 e. The van der Waals surface area contributed by atoms with Crippen molar-refractivity contribution in [2.45, 2.75) is 30.6 Å². The Bertz CT molecular complexity index is 581. The summed E-state index contributed by atoms with van der Waals surface area (Å²) in [6.07, 6.45) is -1.16. The second-order valence-electron chi connectivity index (χ2n) is 4.78. The van der Waals surface area contributed by atoms with Crippen LogP contribution in [0.2, 0.25) is 0 Å². The summed E-state index contributed by atoms with van der Waals surface area (Å²) in [5.41, 5.74) is 1.80. The van der Waals surface area contributed by atoms with E-state index in [1.54, 1.807) is 31.2 Å². The summed E-state index contributed by atoms with van der Waals surface area (Å²) in [6, 6.07) is 16.2. The molecular formula is C16H18O4S. The van der Waals surface area contributed by atoms with Gasteiger partial charge in [-0.2, -0.15) is 0 Å². The van der Waals surface area contributed by atoms with Gasteiger partial charge in [-0.3, -0.25) is 0 Å². The van der Waals surface area contributed by atoms with Crippen LogP contribution in [0.15, 0.2) is 59.5 Å². The Morgan fingerprint density at radius 1 is 1.10 bits per heavy atom. The first-order valence-corrected chi connectivity index (χ1v) is 7.73. The van der Waals surface area contributed by atoms with E-state index < -0.39 is 23.3 Å². The summed E-state index contributed by atoms with van der Waals surface area (Å²) in [5.74, 6) is 0. The first kappa shape index (κ1) is 15.9. The van der Waals surface area contributed by atoms with Crippen LogP contribution in [0.4, 0.5) is 0 Å². The molecule has 0 fully saturated rings. The first-order valence-electron chi connectivity index (χ1n) is 6.62. The van der Waals surface area contributed by atoms with E-state index in [0.717, 1.165) is 11.1 Å². The summed E-state index contributed by atoms with van der Waals surface area (Å²) >= 11 is -2.00. The lowest BCUT2D eigenvalue weighted by molar-refractivity contribution is -0.0401. The Labute approximate surface area is 126 Å². The van der Waals surface area contributed by atoms with Crippen molar-refractivity contribution in [3.05, 3.63) is 65.7 Å². The van der Waals surface area contributed by atoms with E-state index in [9.17, 15) is 9.32 Å². The van der Waals surface area contributed by atoms with Gasteiger partial charge < -0.3 is 14.4 Å². The molecule has 0 saturated heterocycles. The average Bonchev–Trinajstić information content (AvgIpc) is 2.48. The molecule has 0 aromatic heterocycles.